The fourth-order valence-corrected chi connectivity index (χ4v) is 10.6. The SMILES string of the molecule is CCCCCNC(=O)COCCOCCNC(=O)CCC(=O)NO[C@H]1CC[C@]2(C)C3C[C@H](O)[C@@]4(C)C(CC[C@@H]4[C@H](C)CCC(=O)O)[C@@H]3[C@H](O)C[C@@H]2C1. The first-order valence-electron chi connectivity index (χ1n) is 20.0. The summed E-state index contributed by atoms with van der Waals surface area (Å²) in [4.78, 5) is 53.5. The van der Waals surface area contributed by atoms with Gasteiger partial charge < -0.3 is 35.4 Å². The number of carboxylic acid groups (broad SMARTS) is 1. The van der Waals surface area contributed by atoms with Gasteiger partial charge in [0.1, 0.15) is 6.61 Å². The van der Waals surface area contributed by atoms with E-state index in [1.165, 1.54) is 0 Å². The van der Waals surface area contributed by atoms with E-state index in [2.05, 4.69) is 43.8 Å². The second kappa shape index (κ2) is 19.8. The van der Waals surface area contributed by atoms with Gasteiger partial charge in [-0.25, -0.2) is 5.48 Å². The van der Waals surface area contributed by atoms with Crippen molar-refractivity contribution in [3.05, 3.63) is 0 Å². The van der Waals surface area contributed by atoms with Crippen LogP contribution in [0, 0.1) is 46.3 Å². The van der Waals surface area contributed by atoms with E-state index in [1.54, 1.807) is 0 Å². The van der Waals surface area contributed by atoms with Gasteiger partial charge in [0.25, 0.3) is 0 Å². The molecule has 0 heterocycles. The summed E-state index contributed by atoms with van der Waals surface area (Å²) in [7, 11) is 0. The zero-order valence-corrected chi connectivity index (χ0v) is 32.0. The number of amides is 3. The van der Waals surface area contributed by atoms with E-state index in [4.69, 9.17) is 14.3 Å². The maximum absolute atomic E-state index is 12.5. The largest absolute Gasteiger partial charge is 0.481 e. The number of hydrogen-bond donors (Lipinski definition) is 6. The number of aliphatic carboxylic acids is 1. The molecule has 6 N–H and O–H groups in total. The fourth-order valence-electron chi connectivity index (χ4n) is 10.6. The van der Waals surface area contributed by atoms with Crippen molar-refractivity contribution < 1.29 is 48.8 Å². The lowest BCUT2D eigenvalue weighted by atomic mass is 9.43. The number of aliphatic hydroxyl groups excluding tert-OH is 2. The van der Waals surface area contributed by atoms with Gasteiger partial charge in [0.2, 0.25) is 17.7 Å². The van der Waals surface area contributed by atoms with Crippen molar-refractivity contribution in [1.82, 2.24) is 16.1 Å². The molecule has 11 atom stereocenters. The fraction of sp³-hybridized carbons (Fsp3) is 0.897. The third kappa shape index (κ3) is 10.7. The molecule has 2 unspecified atom stereocenters. The van der Waals surface area contributed by atoms with Crippen LogP contribution < -0.4 is 16.1 Å². The molecule has 0 spiro atoms. The molecule has 3 amide bonds. The van der Waals surface area contributed by atoms with Gasteiger partial charge in [0.05, 0.1) is 38.1 Å². The predicted octanol–water partition coefficient (Wildman–Crippen LogP) is 3.74. The third-order valence-electron chi connectivity index (χ3n) is 13.5. The smallest absolute Gasteiger partial charge is 0.303 e. The number of carbonyl (C=O) groups excluding carboxylic acids is 3. The first-order valence-corrected chi connectivity index (χ1v) is 20.0. The monoisotopic (exact) mass is 737 g/mol. The zero-order chi connectivity index (χ0) is 37.9. The first-order chi connectivity index (χ1) is 24.8. The van der Waals surface area contributed by atoms with Gasteiger partial charge in [-0.3, -0.25) is 24.0 Å². The zero-order valence-electron chi connectivity index (χ0n) is 32.0. The van der Waals surface area contributed by atoms with Crippen molar-refractivity contribution in [3.8, 4) is 0 Å². The first kappa shape index (κ1) is 42.4. The number of fused-ring (bicyclic) bond motifs is 5. The minimum atomic E-state index is -0.784. The molecule has 4 saturated carbocycles. The molecular weight excluding hydrogens is 670 g/mol. The molecule has 13 nitrogen and oxygen atoms in total. The van der Waals surface area contributed by atoms with Crippen LogP contribution in [0.4, 0.5) is 0 Å². The van der Waals surface area contributed by atoms with Gasteiger partial charge in [-0.15, -0.1) is 0 Å². The summed E-state index contributed by atoms with van der Waals surface area (Å²) in [6, 6.07) is 0. The van der Waals surface area contributed by atoms with E-state index in [0.717, 1.165) is 44.9 Å². The van der Waals surface area contributed by atoms with Crippen LogP contribution in [0.25, 0.3) is 0 Å². The quantitative estimate of drug-likeness (QED) is 0.0747. The Balaban J connectivity index is 1.12. The highest BCUT2D eigenvalue weighted by atomic mass is 16.7. The summed E-state index contributed by atoms with van der Waals surface area (Å²) in [6.45, 7) is 10.6. The number of nitrogens with one attached hydrogen (secondary N) is 3. The van der Waals surface area contributed by atoms with E-state index in [-0.39, 0.29) is 103 Å². The van der Waals surface area contributed by atoms with E-state index >= 15 is 0 Å². The highest BCUT2D eigenvalue weighted by Crippen LogP contribution is 2.68. The van der Waals surface area contributed by atoms with Gasteiger partial charge >= 0.3 is 5.97 Å². The molecule has 0 aromatic heterocycles. The highest BCUT2D eigenvalue weighted by molar-refractivity contribution is 5.83. The Bertz CT molecular complexity index is 1190. The molecule has 0 aromatic rings. The van der Waals surface area contributed by atoms with E-state index in [0.29, 0.717) is 52.0 Å². The lowest BCUT2D eigenvalue weighted by Gasteiger charge is -2.63. The van der Waals surface area contributed by atoms with Crippen molar-refractivity contribution in [2.45, 2.75) is 136 Å². The Labute approximate surface area is 310 Å². The molecule has 0 bridgehead atoms. The highest BCUT2D eigenvalue weighted by Gasteiger charge is 2.65. The molecule has 13 heteroatoms. The minimum absolute atomic E-state index is 0.00556. The second-order valence-electron chi connectivity index (χ2n) is 16.6. The second-order valence-corrected chi connectivity index (χ2v) is 16.6. The number of unbranched alkanes of at least 4 members (excludes halogenated alkanes) is 2. The summed E-state index contributed by atoms with van der Waals surface area (Å²) < 4.78 is 10.7. The lowest BCUT2D eigenvalue weighted by Crippen LogP contribution is -2.62. The Morgan fingerprint density at radius 1 is 0.827 bits per heavy atom. The van der Waals surface area contributed by atoms with E-state index < -0.39 is 18.2 Å². The molecule has 4 aliphatic carbocycles. The molecule has 4 fully saturated rings. The predicted molar refractivity (Wildman–Crippen MR) is 193 cm³/mol. The number of aliphatic hydroxyl groups is 2. The van der Waals surface area contributed by atoms with Crippen LogP contribution in [0.2, 0.25) is 0 Å². The van der Waals surface area contributed by atoms with Crippen molar-refractivity contribution >= 4 is 23.7 Å². The maximum Gasteiger partial charge on any atom is 0.303 e. The van der Waals surface area contributed by atoms with Crippen LogP contribution in [0.5, 0.6) is 0 Å². The Hall–Kier alpha value is -2.32. The van der Waals surface area contributed by atoms with Gasteiger partial charge in [0.15, 0.2) is 0 Å². The summed E-state index contributed by atoms with van der Waals surface area (Å²) in [5.41, 5.74) is 2.17. The van der Waals surface area contributed by atoms with E-state index in [9.17, 15) is 34.5 Å². The molecule has 0 aliphatic heterocycles. The normalized spacial score (nSPS) is 34.3. The van der Waals surface area contributed by atoms with Crippen LogP contribution in [0.3, 0.4) is 0 Å². The Morgan fingerprint density at radius 3 is 2.31 bits per heavy atom. The third-order valence-corrected chi connectivity index (χ3v) is 13.5. The molecule has 0 radical (unpaired) electrons. The van der Waals surface area contributed by atoms with Crippen LogP contribution in [-0.4, -0.2) is 96.8 Å². The molecule has 298 valence electrons. The average Bonchev–Trinajstić information content (AvgIpc) is 3.47. The van der Waals surface area contributed by atoms with Crippen molar-refractivity contribution in [2.75, 3.05) is 39.5 Å². The lowest BCUT2D eigenvalue weighted by molar-refractivity contribution is -0.212. The van der Waals surface area contributed by atoms with Crippen molar-refractivity contribution in [2.24, 2.45) is 46.3 Å². The maximum atomic E-state index is 12.5. The van der Waals surface area contributed by atoms with Gasteiger partial charge in [-0.1, -0.05) is 40.5 Å². The summed E-state index contributed by atoms with van der Waals surface area (Å²) in [5, 5.41) is 38.3. The molecule has 0 aromatic carbocycles. The number of carbonyl (C=O) groups is 4. The summed E-state index contributed by atoms with van der Waals surface area (Å²) >= 11 is 0. The van der Waals surface area contributed by atoms with Crippen molar-refractivity contribution in [1.29, 1.82) is 0 Å². The number of rotatable bonds is 21. The summed E-state index contributed by atoms with van der Waals surface area (Å²) in [5.74, 6) is -0.417. The van der Waals surface area contributed by atoms with Crippen LogP contribution in [0.1, 0.15) is 118 Å². The standard InChI is InChI=1S/C39H67N3O10/c1-5-6-7-16-40-35(47)24-51-20-19-50-18-17-41-33(45)11-12-34(46)42-52-27-14-15-38(3)26(21-27)22-31(43)37-29-10-9-28(25(2)8-13-36(48)49)39(29,4)32(44)23-30(37)38/h25-32,37,43-44H,5-24H2,1-4H3,(H,40,47)(H,41,45)(H,42,46)(H,48,49)/t25-,26+,27+,28-,29?,30?,31-,32+,37+,38+,39-/m1/s1. The number of carboxylic acids is 1. The van der Waals surface area contributed by atoms with Gasteiger partial charge in [0, 0.05) is 32.4 Å². The number of hydroxylamine groups is 1. The van der Waals surface area contributed by atoms with Gasteiger partial charge in [-0.05, 0) is 104 Å². The van der Waals surface area contributed by atoms with Crippen molar-refractivity contribution in [3.63, 3.8) is 0 Å². The molecule has 4 aliphatic rings. The minimum Gasteiger partial charge on any atom is -0.481 e. The Morgan fingerprint density at radius 2 is 1.56 bits per heavy atom. The van der Waals surface area contributed by atoms with Gasteiger partial charge in [-0.2, -0.15) is 0 Å². The molecule has 0 saturated heterocycles. The summed E-state index contributed by atoms with van der Waals surface area (Å²) in [6.07, 6.45) is 8.31. The average molecular weight is 738 g/mol. The molecular formula is C39H67N3O10. The van der Waals surface area contributed by atoms with Crippen LogP contribution in [0.15, 0.2) is 0 Å². The number of hydrogen-bond acceptors (Lipinski definition) is 9. The van der Waals surface area contributed by atoms with Crippen LogP contribution >= 0.6 is 0 Å². The van der Waals surface area contributed by atoms with Crippen LogP contribution in [-0.2, 0) is 33.5 Å². The topological polar surface area (TPSA) is 193 Å². The molecule has 4 rings (SSSR count). The Kier molecular flexibility index (Phi) is 16.2. The van der Waals surface area contributed by atoms with E-state index in [1.807, 2.05) is 0 Å². The molecule has 52 heavy (non-hydrogen) atoms. The number of ether oxygens (including phenoxy) is 2.